The Morgan fingerprint density at radius 1 is 1.03 bits per heavy atom. The first-order valence-electron chi connectivity index (χ1n) is 9.40. The van der Waals surface area contributed by atoms with Gasteiger partial charge in [-0.15, -0.1) is 0 Å². The molecule has 1 aliphatic heterocycles. The Kier molecular flexibility index (Phi) is 6.19. The van der Waals surface area contributed by atoms with Gasteiger partial charge >= 0.3 is 0 Å². The Morgan fingerprint density at radius 2 is 1.80 bits per heavy atom. The van der Waals surface area contributed by atoms with Gasteiger partial charge in [0.25, 0.3) is 0 Å². The minimum Gasteiger partial charge on any atom is -0.375 e. The van der Waals surface area contributed by atoms with Crippen LogP contribution < -0.4 is 4.90 Å². The van der Waals surface area contributed by atoms with Crippen molar-refractivity contribution in [3.63, 3.8) is 0 Å². The van der Waals surface area contributed by atoms with Crippen LogP contribution in [0.15, 0.2) is 48.9 Å². The number of anilines is 1. The molecular weight excluding hydrogens is 413 g/mol. The molecule has 1 fully saturated rings. The average molecular weight is 432 g/mol. The van der Waals surface area contributed by atoms with Gasteiger partial charge in [-0.3, -0.25) is 4.98 Å². The second kappa shape index (κ2) is 9.01. The van der Waals surface area contributed by atoms with E-state index in [-0.39, 0.29) is 30.1 Å². The fourth-order valence-electron chi connectivity index (χ4n) is 3.41. The molecular formula is C21H19F3N4OS. The quantitative estimate of drug-likeness (QED) is 0.471. The highest BCUT2D eigenvalue weighted by atomic mass is 32.1. The molecule has 2 aromatic heterocycles. The van der Waals surface area contributed by atoms with E-state index in [4.69, 9.17) is 4.74 Å². The summed E-state index contributed by atoms with van der Waals surface area (Å²) in [7, 11) is 0. The molecule has 0 bridgehead atoms. The second-order valence-corrected chi connectivity index (χ2v) is 7.79. The highest BCUT2D eigenvalue weighted by Crippen LogP contribution is 2.27. The van der Waals surface area contributed by atoms with E-state index in [0.717, 1.165) is 23.7 Å². The summed E-state index contributed by atoms with van der Waals surface area (Å²) in [4.78, 5) is 15.2. The van der Waals surface area contributed by atoms with E-state index >= 15 is 0 Å². The second-order valence-electron chi connectivity index (χ2n) is 7.06. The SMILES string of the molecule is Fc1cc(F)c(COCC2CC(S)CN2c2ncc(-c3ccccn3)cn2)cc1F. The third-order valence-corrected chi connectivity index (χ3v) is 5.28. The number of hydrogen-bond acceptors (Lipinski definition) is 6. The number of thiol groups is 1. The van der Waals surface area contributed by atoms with Crippen LogP contribution in [0.4, 0.5) is 19.1 Å². The number of benzene rings is 1. The zero-order valence-corrected chi connectivity index (χ0v) is 16.8. The normalized spacial score (nSPS) is 18.7. The number of pyridine rings is 1. The van der Waals surface area contributed by atoms with Crippen molar-refractivity contribution in [3.05, 3.63) is 71.9 Å². The number of aromatic nitrogens is 3. The maximum Gasteiger partial charge on any atom is 0.225 e. The Labute approximate surface area is 177 Å². The van der Waals surface area contributed by atoms with Gasteiger partial charge in [-0.05, 0) is 24.6 Å². The topological polar surface area (TPSA) is 51.1 Å². The van der Waals surface area contributed by atoms with Crippen LogP contribution in [0.1, 0.15) is 12.0 Å². The zero-order valence-electron chi connectivity index (χ0n) is 15.9. The summed E-state index contributed by atoms with van der Waals surface area (Å²) in [5.74, 6) is -2.62. The van der Waals surface area contributed by atoms with Gasteiger partial charge in [-0.1, -0.05) is 6.07 Å². The summed E-state index contributed by atoms with van der Waals surface area (Å²) in [5.41, 5.74) is 1.56. The van der Waals surface area contributed by atoms with Gasteiger partial charge in [0.2, 0.25) is 5.95 Å². The molecule has 2 atom stereocenters. The van der Waals surface area contributed by atoms with Crippen molar-refractivity contribution in [3.8, 4) is 11.3 Å². The highest BCUT2D eigenvalue weighted by molar-refractivity contribution is 7.81. The number of halogens is 3. The van der Waals surface area contributed by atoms with Crippen molar-refractivity contribution in [2.45, 2.75) is 24.3 Å². The predicted octanol–water partition coefficient (Wildman–Crippen LogP) is 4.05. The minimum absolute atomic E-state index is 0.0307. The smallest absolute Gasteiger partial charge is 0.225 e. The third-order valence-electron chi connectivity index (χ3n) is 4.91. The molecule has 0 radical (unpaired) electrons. The average Bonchev–Trinajstić information content (AvgIpc) is 3.13. The third kappa shape index (κ3) is 4.57. The lowest BCUT2D eigenvalue weighted by molar-refractivity contribution is 0.106. The minimum atomic E-state index is -1.22. The van der Waals surface area contributed by atoms with Crippen LogP contribution in [0.5, 0.6) is 0 Å². The van der Waals surface area contributed by atoms with E-state index in [2.05, 4.69) is 27.6 Å². The number of rotatable bonds is 6. The fraction of sp³-hybridized carbons (Fsp3) is 0.286. The van der Waals surface area contributed by atoms with Crippen LogP contribution >= 0.6 is 12.6 Å². The molecule has 3 heterocycles. The van der Waals surface area contributed by atoms with Crippen LogP contribution in [0.2, 0.25) is 0 Å². The first-order chi connectivity index (χ1) is 14.5. The largest absolute Gasteiger partial charge is 0.375 e. The van der Waals surface area contributed by atoms with Gasteiger partial charge in [0.1, 0.15) is 5.82 Å². The molecule has 3 aromatic rings. The lowest BCUT2D eigenvalue weighted by atomic mass is 10.2. The lowest BCUT2D eigenvalue weighted by Crippen LogP contribution is -2.34. The van der Waals surface area contributed by atoms with E-state index in [0.29, 0.717) is 18.6 Å². The van der Waals surface area contributed by atoms with Crippen molar-refractivity contribution in [1.29, 1.82) is 0 Å². The van der Waals surface area contributed by atoms with Crippen LogP contribution in [0.25, 0.3) is 11.3 Å². The van der Waals surface area contributed by atoms with E-state index in [1.54, 1.807) is 18.6 Å². The first kappa shape index (κ1) is 20.6. The van der Waals surface area contributed by atoms with Crippen LogP contribution in [-0.4, -0.2) is 39.4 Å². The van der Waals surface area contributed by atoms with Gasteiger partial charge < -0.3 is 9.64 Å². The standard InChI is InChI=1S/C21H19F3N4OS/c22-17-7-19(24)18(23)5-13(17)11-29-12-15-6-16(30)10-28(15)21-26-8-14(9-27-21)20-3-1-2-4-25-20/h1-5,7-9,15-16,30H,6,10-12H2. The molecule has 4 rings (SSSR count). The summed E-state index contributed by atoms with van der Waals surface area (Å²) in [5, 5.41) is 0.109. The fourth-order valence-corrected chi connectivity index (χ4v) is 3.83. The molecule has 2 unspecified atom stereocenters. The molecule has 156 valence electrons. The lowest BCUT2D eigenvalue weighted by Gasteiger charge is -2.24. The van der Waals surface area contributed by atoms with Gasteiger partial charge in [0.05, 0.1) is 24.9 Å². The number of hydrogen-bond donors (Lipinski definition) is 1. The van der Waals surface area contributed by atoms with Gasteiger partial charge in [0, 0.05) is 47.6 Å². The Bertz CT molecular complexity index is 1010. The first-order valence-corrected chi connectivity index (χ1v) is 9.92. The molecule has 1 aliphatic rings. The molecule has 1 saturated heterocycles. The summed E-state index contributed by atoms with van der Waals surface area (Å²) in [6.45, 7) is 0.727. The Morgan fingerprint density at radius 3 is 2.53 bits per heavy atom. The molecule has 0 amide bonds. The maximum absolute atomic E-state index is 13.8. The van der Waals surface area contributed by atoms with Crippen LogP contribution in [0.3, 0.4) is 0 Å². The molecule has 0 saturated carbocycles. The van der Waals surface area contributed by atoms with Crippen molar-refractivity contribution in [2.75, 3.05) is 18.1 Å². The van der Waals surface area contributed by atoms with Crippen LogP contribution in [0, 0.1) is 17.5 Å². The molecule has 5 nitrogen and oxygen atoms in total. The number of nitrogens with zero attached hydrogens (tertiary/aromatic N) is 4. The van der Waals surface area contributed by atoms with E-state index in [1.165, 1.54) is 0 Å². The molecule has 30 heavy (non-hydrogen) atoms. The monoisotopic (exact) mass is 432 g/mol. The molecule has 0 spiro atoms. The van der Waals surface area contributed by atoms with Gasteiger partial charge in [-0.25, -0.2) is 23.1 Å². The summed E-state index contributed by atoms with van der Waals surface area (Å²) >= 11 is 4.56. The van der Waals surface area contributed by atoms with Crippen molar-refractivity contribution in [1.82, 2.24) is 15.0 Å². The van der Waals surface area contributed by atoms with Gasteiger partial charge in [0.15, 0.2) is 11.6 Å². The van der Waals surface area contributed by atoms with Crippen LogP contribution in [-0.2, 0) is 11.3 Å². The number of ether oxygens (including phenoxy) is 1. The summed E-state index contributed by atoms with van der Waals surface area (Å²) in [6, 6.07) is 6.89. The van der Waals surface area contributed by atoms with E-state index in [9.17, 15) is 13.2 Å². The molecule has 0 N–H and O–H groups in total. The Hall–Kier alpha value is -2.65. The molecule has 1 aromatic carbocycles. The van der Waals surface area contributed by atoms with E-state index in [1.807, 2.05) is 23.1 Å². The summed E-state index contributed by atoms with van der Waals surface area (Å²) in [6.07, 6.45) is 5.86. The van der Waals surface area contributed by atoms with E-state index < -0.39 is 17.5 Å². The summed E-state index contributed by atoms with van der Waals surface area (Å²) < 4.78 is 45.8. The van der Waals surface area contributed by atoms with Crippen molar-refractivity contribution < 1.29 is 17.9 Å². The predicted molar refractivity (Wildman–Crippen MR) is 110 cm³/mol. The van der Waals surface area contributed by atoms with Crippen molar-refractivity contribution >= 4 is 18.6 Å². The van der Waals surface area contributed by atoms with Crippen molar-refractivity contribution in [2.24, 2.45) is 0 Å². The zero-order chi connectivity index (χ0) is 21.1. The maximum atomic E-state index is 13.8. The highest BCUT2D eigenvalue weighted by Gasteiger charge is 2.32. The van der Waals surface area contributed by atoms with Gasteiger partial charge in [-0.2, -0.15) is 12.6 Å². The Balaban J connectivity index is 1.42. The molecule has 9 heteroatoms. The molecule has 0 aliphatic carbocycles.